The number of benzene rings is 2. The molecule has 0 fully saturated rings. The standard InChI is InChI=1S/C23H18Cl2FN3/c1-12-11-29-21-6-5-14(8-17(21)22(27)13(12)2)15-4-3-7-28-23(15)16-9-20(26)19(25)10-18(16)24/h3-13,27H,1-2H3. The molecule has 0 amide bonds. The summed E-state index contributed by atoms with van der Waals surface area (Å²) in [6.45, 7) is 4.10. The number of hydrogen-bond acceptors (Lipinski definition) is 3. The fourth-order valence-corrected chi connectivity index (χ4v) is 3.90. The Morgan fingerprint density at radius 1 is 0.966 bits per heavy atom. The highest BCUT2D eigenvalue weighted by Crippen LogP contribution is 2.39. The van der Waals surface area contributed by atoms with Crippen LogP contribution in [0.5, 0.6) is 0 Å². The first-order valence-electron chi connectivity index (χ1n) is 9.24. The minimum absolute atomic E-state index is 0.0318. The Kier molecular flexibility index (Phi) is 5.24. The van der Waals surface area contributed by atoms with Crippen LogP contribution in [0, 0.1) is 23.1 Å². The van der Waals surface area contributed by atoms with Gasteiger partial charge in [0.1, 0.15) is 5.82 Å². The number of halogens is 3. The van der Waals surface area contributed by atoms with Crippen molar-refractivity contribution in [1.82, 2.24) is 4.98 Å². The summed E-state index contributed by atoms with van der Waals surface area (Å²) >= 11 is 12.2. The topological polar surface area (TPSA) is 49.1 Å². The van der Waals surface area contributed by atoms with E-state index in [1.807, 2.05) is 43.5 Å². The average molecular weight is 426 g/mol. The lowest BCUT2D eigenvalue weighted by Gasteiger charge is -2.17. The highest BCUT2D eigenvalue weighted by atomic mass is 35.5. The molecule has 4 rings (SSSR count). The second-order valence-corrected chi connectivity index (χ2v) is 8.03. The minimum atomic E-state index is -0.552. The Bertz CT molecular complexity index is 1160. The van der Waals surface area contributed by atoms with Gasteiger partial charge >= 0.3 is 0 Å². The van der Waals surface area contributed by atoms with E-state index in [1.165, 1.54) is 12.1 Å². The van der Waals surface area contributed by atoms with Gasteiger partial charge in [-0.25, -0.2) is 4.39 Å². The van der Waals surface area contributed by atoms with E-state index in [4.69, 9.17) is 28.6 Å². The molecule has 3 nitrogen and oxygen atoms in total. The summed E-state index contributed by atoms with van der Waals surface area (Å²) in [6.07, 6.45) is 3.54. The van der Waals surface area contributed by atoms with Gasteiger partial charge in [-0.15, -0.1) is 0 Å². The SMILES string of the molecule is CC1C=Nc2ccc(-c3cccnc3-c3cc(F)c(Cl)cc3Cl)cc2C(=N)C1C. The fourth-order valence-electron chi connectivity index (χ4n) is 3.42. The lowest BCUT2D eigenvalue weighted by Crippen LogP contribution is -2.18. The number of aromatic nitrogens is 1. The lowest BCUT2D eigenvalue weighted by atomic mass is 9.87. The molecule has 0 radical (unpaired) electrons. The number of rotatable bonds is 2. The van der Waals surface area contributed by atoms with Crippen LogP contribution in [0.15, 0.2) is 53.7 Å². The molecule has 1 N–H and O–H groups in total. The van der Waals surface area contributed by atoms with Gasteiger partial charge in [0, 0.05) is 40.7 Å². The summed E-state index contributed by atoms with van der Waals surface area (Å²) < 4.78 is 14.1. The molecule has 1 aliphatic rings. The van der Waals surface area contributed by atoms with E-state index >= 15 is 0 Å². The molecule has 0 spiro atoms. The van der Waals surface area contributed by atoms with Crippen molar-refractivity contribution in [3.8, 4) is 22.4 Å². The zero-order valence-corrected chi connectivity index (χ0v) is 17.4. The van der Waals surface area contributed by atoms with Gasteiger partial charge in [-0.05, 0) is 41.8 Å². The number of nitrogens with one attached hydrogen (secondary N) is 1. The third kappa shape index (κ3) is 3.59. The van der Waals surface area contributed by atoms with Crippen molar-refractivity contribution in [3.63, 3.8) is 0 Å². The summed E-state index contributed by atoms with van der Waals surface area (Å²) in [7, 11) is 0. The molecule has 1 aromatic heterocycles. The van der Waals surface area contributed by atoms with Crippen molar-refractivity contribution in [2.45, 2.75) is 13.8 Å². The third-order valence-electron chi connectivity index (χ3n) is 5.36. The summed E-state index contributed by atoms with van der Waals surface area (Å²) in [5.41, 5.74) is 4.79. The Balaban J connectivity index is 1.88. The van der Waals surface area contributed by atoms with E-state index in [0.29, 0.717) is 22.0 Å². The third-order valence-corrected chi connectivity index (χ3v) is 5.97. The Hall–Kier alpha value is -2.56. The lowest BCUT2D eigenvalue weighted by molar-refractivity contribution is 0.628. The van der Waals surface area contributed by atoms with Gasteiger partial charge < -0.3 is 5.41 Å². The highest BCUT2D eigenvalue weighted by Gasteiger charge is 2.23. The maximum absolute atomic E-state index is 14.1. The molecule has 2 unspecified atom stereocenters. The quantitative estimate of drug-likeness (QED) is 0.432. The van der Waals surface area contributed by atoms with Crippen molar-refractivity contribution in [3.05, 3.63) is 70.1 Å². The van der Waals surface area contributed by atoms with Crippen molar-refractivity contribution < 1.29 is 4.39 Å². The predicted molar refractivity (Wildman–Crippen MR) is 118 cm³/mol. The summed E-state index contributed by atoms with van der Waals surface area (Å²) in [5.74, 6) is -0.310. The van der Waals surface area contributed by atoms with Crippen LogP contribution >= 0.6 is 23.2 Å². The molecule has 146 valence electrons. The summed E-state index contributed by atoms with van der Waals surface area (Å²) in [6, 6.07) is 12.2. The van der Waals surface area contributed by atoms with E-state index in [1.54, 1.807) is 6.20 Å². The van der Waals surface area contributed by atoms with Crippen molar-refractivity contribution in [2.24, 2.45) is 16.8 Å². The Morgan fingerprint density at radius 3 is 2.55 bits per heavy atom. The number of hydrogen-bond donors (Lipinski definition) is 1. The number of nitrogens with zero attached hydrogens (tertiary/aromatic N) is 2. The number of aliphatic imine (C=N–C) groups is 1. The van der Waals surface area contributed by atoms with Gasteiger partial charge in [0.25, 0.3) is 0 Å². The van der Waals surface area contributed by atoms with Crippen molar-refractivity contribution >= 4 is 40.8 Å². The normalized spacial score (nSPS) is 18.4. The molecule has 0 saturated carbocycles. The van der Waals surface area contributed by atoms with Gasteiger partial charge in [-0.1, -0.05) is 49.2 Å². The Morgan fingerprint density at radius 2 is 1.76 bits per heavy atom. The molecule has 1 aliphatic heterocycles. The second kappa shape index (κ2) is 7.69. The second-order valence-electron chi connectivity index (χ2n) is 7.22. The Labute approximate surface area is 178 Å². The molecule has 0 saturated heterocycles. The van der Waals surface area contributed by atoms with E-state index < -0.39 is 5.82 Å². The van der Waals surface area contributed by atoms with Gasteiger partial charge in [-0.3, -0.25) is 9.98 Å². The van der Waals surface area contributed by atoms with Crippen LogP contribution in [0.2, 0.25) is 10.0 Å². The first kappa shape index (κ1) is 19.7. The molecule has 29 heavy (non-hydrogen) atoms. The van der Waals surface area contributed by atoms with Gasteiger partial charge in [0.2, 0.25) is 0 Å². The first-order chi connectivity index (χ1) is 13.9. The van der Waals surface area contributed by atoms with Crippen LogP contribution < -0.4 is 0 Å². The molecule has 3 aromatic rings. The van der Waals surface area contributed by atoms with Crippen LogP contribution in [0.25, 0.3) is 22.4 Å². The molecule has 2 aromatic carbocycles. The zero-order valence-electron chi connectivity index (χ0n) is 15.9. The predicted octanol–water partition coefficient (Wildman–Crippen LogP) is 7.22. The van der Waals surface area contributed by atoms with Crippen LogP contribution in [-0.4, -0.2) is 16.9 Å². The van der Waals surface area contributed by atoms with Crippen LogP contribution in [0.3, 0.4) is 0 Å². The largest absolute Gasteiger partial charge is 0.304 e. The molecule has 2 atom stereocenters. The highest BCUT2D eigenvalue weighted by molar-refractivity contribution is 6.36. The minimum Gasteiger partial charge on any atom is -0.304 e. The van der Waals surface area contributed by atoms with E-state index in [-0.39, 0.29) is 16.9 Å². The van der Waals surface area contributed by atoms with Gasteiger partial charge in [0.15, 0.2) is 0 Å². The smallest absolute Gasteiger partial charge is 0.142 e. The molecule has 0 aliphatic carbocycles. The molecular formula is C23H18Cl2FN3. The van der Waals surface area contributed by atoms with Crippen molar-refractivity contribution in [2.75, 3.05) is 0 Å². The number of fused-ring (bicyclic) bond motifs is 1. The van der Waals surface area contributed by atoms with Gasteiger partial charge in [-0.2, -0.15) is 0 Å². The average Bonchev–Trinajstić information content (AvgIpc) is 2.83. The number of pyridine rings is 1. The zero-order chi connectivity index (χ0) is 20.7. The van der Waals surface area contributed by atoms with E-state index in [9.17, 15) is 4.39 Å². The van der Waals surface area contributed by atoms with E-state index in [0.717, 1.165) is 22.4 Å². The van der Waals surface area contributed by atoms with Crippen LogP contribution in [0.1, 0.15) is 19.4 Å². The fraction of sp³-hybridized carbons (Fsp3) is 0.174. The summed E-state index contributed by atoms with van der Waals surface area (Å²) in [4.78, 5) is 9.01. The van der Waals surface area contributed by atoms with Crippen LogP contribution in [0.4, 0.5) is 10.1 Å². The maximum atomic E-state index is 14.1. The van der Waals surface area contributed by atoms with Gasteiger partial charge in [0.05, 0.1) is 21.4 Å². The van der Waals surface area contributed by atoms with Crippen LogP contribution in [-0.2, 0) is 0 Å². The maximum Gasteiger partial charge on any atom is 0.142 e. The monoisotopic (exact) mass is 425 g/mol. The molecule has 6 heteroatoms. The first-order valence-corrected chi connectivity index (χ1v) is 9.99. The summed E-state index contributed by atoms with van der Waals surface area (Å²) in [5, 5.41) is 8.92. The molecule has 2 heterocycles. The van der Waals surface area contributed by atoms with E-state index in [2.05, 4.69) is 16.9 Å². The molecular weight excluding hydrogens is 408 g/mol. The molecule has 0 bridgehead atoms. The van der Waals surface area contributed by atoms with Crippen molar-refractivity contribution in [1.29, 1.82) is 5.41 Å².